The normalized spacial score (nSPS) is 10.8. The largest absolute Gasteiger partial charge is 0.490 e. The number of hydrogen-bond acceptors (Lipinski definition) is 4. The van der Waals surface area contributed by atoms with Crippen LogP contribution in [-0.4, -0.2) is 19.1 Å². The lowest BCUT2D eigenvalue weighted by atomic mass is 10.1. The van der Waals surface area contributed by atoms with Gasteiger partial charge in [-0.25, -0.2) is 0 Å². The van der Waals surface area contributed by atoms with E-state index >= 15 is 0 Å². The summed E-state index contributed by atoms with van der Waals surface area (Å²) in [5, 5.41) is 12.1. The Kier molecular flexibility index (Phi) is 7.48. The van der Waals surface area contributed by atoms with Gasteiger partial charge in [-0.2, -0.15) is 5.26 Å². The van der Waals surface area contributed by atoms with E-state index in [9.17, 15) is 10.1 Å². The van der Waals surface area contributed by atoms with Crippen LogP contribution in [0.15, 0.2) is 48.0 Å². The lowest BCUT2D eigenvalue weighted by Gasteiger charge is -2.13. The first-order valence-electron chi connectivity index (χ1n) is 8.16. The Hall–Kier alpha value is -2.53. The van der Waals surface area contributed by atoms with Gasteiger partial charge in [-0.3, -0.25) is 4.79 Å². The molecule has 0 aromatic heterocycles. The zero-order valence-electron chi connectivity index (χ0n) is 14.6. The van der Waals surface area contributed by atoms with Crippen LogP contribution in [-0.2, 0) is 4.79 Å². The second-order valence-electron chi connectivity index (χ2n) is 5.19. The predicted molar refractivity (Wildman–Crippen MR) is 110 cm³/mol. The van der Waals surface area contributed by atoms with Crippen molar-refractivity contribution in [3.63, 3.8) is 0 Å². The Morgan fingerprint density at radius 1 is 1.19 bits per heavy atom. The number of carbonyl (C=O) groups excluding carboxylic acids is 1. The van der Waals surface area contributed by atoms with Crippen LogP contribution >= 0.6 is 22.6 Å². The van der Waals surface area contributed by atoms with Crippen LogP contribution < -0.4 is 14.8 Å². The van der Waals surface area contributed by atoms with Gasteiger partial charge >= 0.3 is 0 Å². The molecule has 2 aromatic carbocycles. The zero-order valence-corrected chi connectivity index (χ0v) is 16.7. The Morgan fingerprint density at radius 2 is 1.88 bits per heavy atom. The van der Waals surface area contributed by atoms with Gasteiger partial charge in [-0.05, 0) is 72.3 Å². The number of rotatable bonds is 7. The molecule has 2 aromatic rings. The highest BCUT2D eigenvalue weighted by atomic mass is 127. The molecule has 0 atom stereocenters. The average molecular weight is 462 g/mol. The minimum Gasteiger partial charge on any atom is -0.490 e. The minimum atomic E-state index is -0.458. The summed E-state index contributed by atoms with van der Waals surface area (Å²) in [4.78, 5) is 12.4. The molecule has 0 saturated heterocycles. The van der Waals surface area contributed by atoms with Gasteiger partial charge in [-0.1, -0.05) is 18.2 Å². The number of hydrogen-bond donors (Lipinski definition) is 1. The van der Waals surface area contributed by atoms with Crippen molar-refractivity contribution >= 4 is 40.3 Å². The molecule has 134 valence electrons. The average Bonchev–Trinajstić information content (AvgIpc) is 2.63. The first kappa shape index (κ1) is 19.8. The summed E-state index contributed by atoms with van der Waals surface area (Å²) in [5.41, 5.74) is 1.34. The van der Waals surface area contributed by atoms with E-state index in [-0.39, 0.29) is 5.57 Å². The maximum Gasteiger partial charge on any atom is 0.266 e. The third-order valence-electron chi connectivity index (χ3n) is 3.33. The summed E-state index contributed by atoms with van der Waals surface area (Å²) in [6.07, 6.45) is 1.54. The van der Waals surface area contributed by atoms with Crippen LogP contribution in [0.3, 0.4) is 0 Å². The third kappa shape index (κ3) is 5.23. The fraction of sp³-hybridized carbons (Fsp3) is 0.200. The first-order chi connectivity index (χ1) is 12.6. The molecule has 0 heterocycles. The number of nitrogens with one attached hydrogen (secondary N) is 1. The second kappa shape index (κ2) is 9.82. The summed E-state index contributed by atoms with van der Waals surface area (Å²) in [7, 11) is 0. The molecular weight excluding hydrogens is 443 g/mol. The standard InChI is InChI=1S/C20H19IN2O3/c1-3-25-18-12-14(11-17(21)19(18)26-4-2)10-15(13-22)20(24)23-16-8-6-5-7-9-16/h5-12H,3-4H2,1-2H3,(H,23,24)/b15-10-. The van der Waals surface area contributed by atoms with Crippen LogP contribution in [0.4, 0.5) is 5.69 Å². The van der Waals surface area contributed by atoms with E-state index in [4.69, 9.17) is 9.47 Å². The molecule has 0 aliphatic rings. The van der Waals surface area contributed by atoms with Gasteiger partial charge in [0.15, 0.2) is 11.5 Å². The molecule has 0 fully saturated rings. The van der Waals surface area contributed by atoms with Crippen LogP contribution in [0.5, 0.6) is 11.5 Å². The Bertz CT molecular complexity index is 842. The van der Waals surface area contributed by atoms with Crippen molar-refractivity contribution < 1.29 is 14.3 Å². The van der Waals surface area contributed by atoms with Crippen LogP contribution in [0, 0.1) is 14.9 Å². The molecular formula is C20H19IN2O3. The zero-order chi connectivity index (χ0) is 18.9. The van der Waals surface area contributed by atoms with Crippen molar-refractivity contribution in [3.05, 3.63) is 57.2 Å². The molecule has 1 amide bonds. The highest BCUT2D eigenvalue weighted by Crippen LogP contribution is 2.35. The number of para-hydroxylation sites is 1. The Labute approximate surface area is 166 Å². The molecule has 1 N–H and O–H groups in total. The summed E-state index contributed by atoms with van der Waals surface area (Å²) in [6.45, 7) is 4.80. The topological polar surface area (TPSA) is 71.3 Å². The van der Waals surface area contributed by atoms with Crippen LogP contribution in [0.2, 0.25) is 0 Å². The number of anilines is 1. The number of carbonyl (C=O) groups is 1. The minimum absolute atomic E-state index is 0.0104. The smallest absolute Gasteiger partial charge is 0.266 e. The summed E-state index contributed by atoms with van der Waals surface area (Å²) in [6, 6.07) is 14.6. The summed E-state index contributed by atoms with van der Waals surface area (Å²) < 4.78 is 12.1. The maximum atomic E-state index is 12.4. The van der Waals surface area contributed by atoms with Gasteiger partial charge < -0.3 is 14.8 Å². The van der Waals surface area contributed by atoms with E-state index in [1.807, 2.05) is 44.2 Å². The van der Waals surface area contributed by atoms with Crippen molar-refractivity contribution in [2.24, 2.45) is 0 Å². The Balaban J connectivity index is 2.33. The SMILES string of the molecule is CCOc1cc(/C=C(/C#N)C(=O)Nc2ccccc2)cc(I)c1OCC. The van der Waals surface area contributed by atoms with Crippen LogP contribution in [0.1, 0.15) is 19.4 Å². The highest BCUT2D eigenvalue weighted by molar-refractivity contribution is 14.1. The highest BCUT2D eigenvalue weighted by Gasteiger charge is 2.14. The molecule has 0 spiro atoms. The van der Waals surface area contributed by atoms with Crippen molar-refractivity contribution in [3.8, 4) is 17.6 Å². The molecule has 0 unspecified atom stereocenters. The van der Waals surface area contributed by atoms with E-state index < -0.39 is 5.91 Å². The van der Waals surface area contributed by atoms with Gasteiger partial charge in [0.1, 0.15) is 11.6 Å². The van der Waals surface area contributed by atoms with Gasteiger partial charge in [0.05, 0.1) is 16.8 Å². The second-order valence-corrected chi connectivity index (χ2v) is 6.35. The van der Waals surface area contributed by atoms with Crippen LogP contribution in [0.25, 0.3) is 6.08 Å². The number of nitriles is 1. The molecule has 0 radical (unpaired) electrons. The molecule has 0 aliphatic heterocycles. The Morgan fingerprint density at radius 3 is 2.50 bits per heavy atom. The van der Waals surface area contributed by atoms with Crippen molar-refractivity contribution in [1.82, 2.24) is 0 Å². The quantitative estimate of drug-likeness (QED) is 0.370. The molecule has 26 heavy (non-hydrogen) atoms. The van der Waals surface area contributed by atoms with E-state index in [1.54, 1.807) is 24.3 Å². The first-order valence-corrected chi connectivity index (χ1v) is 9.24. The summed E-state index contributed by atoms with van der Waals surface area (Å²) >= 11 is 2.15. The van der Waals surface area contributed by atoms with Crippen molar-refractivity contribution in [1.29, 1.82) is 5.26 Å². The van der Waals surface area contributed by atoms with Gasteiger partial charge in [0, 0.05) is 5.69 Å². The molecule has 6 heteroatoms. The van der Waals surface area contributed by atoms with E-state index in [2.05, 4.69) is 27.9 Å². The lowest BCUT2D eigenvalue weighted by Crippen LogP contribution is -2.13. The number of benzene rings is 2. The van der Waals surface area contributed by atoms with Crippen molar-refractivity contribution in [2.45, 2.75) is 13.8 Å². The lowest BCUT2D eigenvalue weighted by molar-refractivity contribution is -0.112. The van der Waals surface area contributed by atoms with Crippen molar-refractivity contribution in [2.75, 3.05) is 18.5 Å². The molecule has 0 bridgehead atoms. The number of nitrogens with zero attached hydrogens (tertiary/aromatic N) is 1. The molecule has 0 aliphatic carbocycles. The molecule has 5 nitrogen and oxygen atoms in total. The summed E-state index contributed by atoms with van der Waals surface area (Å²) in [5.74, 6) is 0.799. The third-order valence-corrected chi connectivity index (χ3v) is 4.13. The predicted octanol–water partition coefficient (Wildman–Crippen LogP) is 4.63. The maximum absolute atomic E-state index is 12.4. The van der Waals surface area contributed by atoms with Gasteiger partial charge in [0.2, 0.25) is 0 Å². The number of amides is 1. The fourth-order valence-corrected chi connectivity index (χ4v) is 3.03. The number of halogens is 1. The number of ether oxygens (including phenoxy) is 2. The molecule has 0 saturated carbocycles. The van der Waals surface area contributed by atoms with E-state index in [0.717, 1.165) is 3.57 Å². The monoisotopic (exact) mass is 462 g/mol. The van der Waals surface area contributed by atoms with E-state index in [1.165, 1.54) is 0 Å². The van der Waals surface area contributed by atoms with Gasteiger partial charge in [0.25, 0.3) is 5.91 Å². The molecule has 2 rings (SSSR count). The van der Waals surface area contributed by atoms with Gasteiger partial charge in [-0.15, -0.1) is 0 Å². The van der Waals surface area contributed by atoms with E-state index in [0.29, 0.717) is 36.0 Å². The fourth-order valence-electron chi connectivity index (χ4n) is 2.25.